The van der Waals surface area contributed by atoms with Crippen LogP contribution in [0.15, 0.2) is 16.6 Å². The van der Waals surface area contributed by atoms with Crippen molar-refractivity contribution in [1.82, 2.24) is 0 Å². The fourth-order valence-electron chi connectivity index (χ4n) is 0.986. The van der Waals surface area contributed by atoms with Crippen molar-refractivity contribution in [2.75, 3.05) is 12.3 Å². The van der Waals surface area contributed by atoms with Crippen molar-refractivity contribution in [3.63, 3.8) is 0 Å². The Bertz CT molecular complexity index is 361. The Morgan fingerprint density at radius 3 is 2.73 bits per heavy atom. The van der Waals surface area contributed by atoms with Gasteiger partial charge in [0.2, 0.25) is 5.91 Å². The van der Waals surface area contributed by atoms with Crippen LogP contribution in [0.2, 0.25) is 5.02 Å². The monoisotopic (exact) mass is 292 g/mol. The third kappa shape index (κ3) is 3.60. The molecule has 0 radical (unpaired) electrons. The van der Waals surface area contributed by atoms with Crippen molar-refractivity contribution in [2.24, 2.45) is 5.73 Å². The fraction of sp³-hybridized carbons (Fsp3) is 0.222. The zero-order valence-electron chi connectivity index (χ0n) is 7.80. The molecule has 0 spiro atoms. The number of hydrogen-bond acceptors (Lipinski definition) is 3. The zero-order chi connectivity index (χ0) is 11.4. The summed E-state index contributed by atoms with van der Waals surface area (Å²) in [7, 11) is 0. The molecule has 15 heavy (non-hydrogen) atoms. The molecule has 0 aliphatic rings. The highest BCUT2D eigenvalue weighted by Crippen LogP contribution is 2.34. The van der Waals surface area contributed by atoms with E-state index >= 15 is 0 Å². The molecule has 82 valence electrons. The number of nitrogen functional groups attached to an aromatic ring is 1. The summed E-state index contributed by atoms with van der Waals surface area (Å²) in [5, 5.41) is 0.515. The highest BCUT2D eigenvalue weighted by molar-refractivity contribution is 9.10. The van der Waals surface area contributed by atoms with Crippen LogP contribution in [0, 0.1) is 0 Å². The van der Waals surface area contributed by atoms with Crippen LogP contribution < -0.4 is 16.2 Å². The van der Waals surface area contributed by atoms with Crippen molar-refractivity contribution >= 4 is 39.1 Å². The van der Waals surface area contributed by atoms with Gasteiger partial charge in [-0.15, -0.1) is 0 Å². The van der Waals surface area contributed by atoms with E-state index in [4.69, 9.17) is 27.8 Å². The molecule has 1 rings (SSSR count). The smallest absolute Gasteiger partial charge is 0.220 e. The molecule has 1 aromatic carbocycles. The van der Waals surface area contributed by atoms with E-state index in [-0.39, 0.29) is 13.0 Å². The van der Waals surface area contributed by atoms with Gasteiger partial charge in [-0.2, -0.15) is 0 Å². The van der Waals surface area contributed by atoms with Crippen LogP contribution in [0.4, 0.5) is 5.69 Å². The third-order valence-electron chi connectivity index (χ3n) is 1.63. The largest absolute Gasteiger partial charge is 0.490 e. The Morgan fingerprint density at radius 2 is 2.20 bits per heavy atom. The summed E-state index contributed by atoms with van der Waals surface area (Å²) >= 11 is 9.03. The minimum atomic E-state index is -0.418. The summed E-state index contributed by atoms with van der Waals surface area (Å²) in [5.41, 5.74) is 11.1. The van der Waals surface area contributed by atoms with Crippen LogP contribution in [0.3, 0.4) is 0 Å². The van der Waals surface area contributed by atoms with E-state index in [1.165, 1.54) is 0 Å². The molecule has 4 nitrogen and oxygen atoms in total. The Labute approximate surface area is 101 Å². The summed E-state index contributed by atoms with van der Waals surface area (Å²) in [6.45, 7) is 0.194. The van der Waals surface area contributed by atoms with E-state index < -0.39 is 5.91 Å². The lowest BCUT2D eigenvalue weighted by molar-refractivity contribution is -0.118. The van der Waals surface area contributed by atoms with Crippen LogP contribution in [-0.2, 0) is 4.79 Å². The molecule has 0 unspecified atom stereocenters. The second-order valence-electron chi connectivity index (χ2n) is 2.87. The maximum Gasteiger partial charge on any atom is 0.220 e. The third-order valence-corrected chi connectivity index (χ3v) is 2.44. The van der Waals surface area contributed by atoms with Gasteiger partial charge >= 0.3 is 0 Å². The Balaban J connectivity index is 2.72. The number of ether oxygens (including phenoxy) is 1. The number of halogens is 2. The predicted molar refractivity (Wildman–Crippen MR) is 62.9 cm³/mol. The van der Waals surface area contributed by atoms with Crippen LogP contribution in [0.5, 0.6) is 5.75 Å². The number of benzene rings is 1. The van der Waals surface area contributed by atoms with Gasteiger partial charge in [0.1, 0.15) is 0 Å². The molecule has 1 amide bonds. The van der Waals surface area contributed by atoms with E-state index in [1.54, 1.807) is 12.1 Å². The lowest BCUT2D eigenvalue weighted by Gasteiger charge is -2.10. The maximum absolute atomic E-state index is 10.5. The van der Waals surface area contributed by atoms with Crippen molar-refractivity contribution in [2.45, 2.75) is 6.42 Å². The van der Waals surface area contributed by atoms with Crippen LogP contribution in [0.25, 0.3) is 0 Å². The Kier molecular flexibility index (Phi) is 4.23. The number of carbonyl (C=O) groups is 1. The minimum Gasteiger partial charge on any atom is -0.490 e. The first kappa shape index (κ1) is 12.1. The van der Waals surface area contributed by atoms with Crippen LogP contribution in [0.1, 0.15) is 6.42 Å². The van der Waals surface area contributed by atoms with Gasteiger partial charge in [0.25, 0.3) is 0 Å². The molecule has 0 heterocycles. The van der Waals surface area contributed by atoms with Gasteiger partial charge in [-0.05, 0) is 28.1 Å². The molecule has 0 atom stereocenters. The number of amides is 1. The van der Waals surface area contributed by atoms with Gasteiger partial charge in [-0.25, -0.2) is 0 Å². The second-order valence-corrected chi connectivity index (χ2v) is 4.16. The van der Waals surface area contributed by atoms with E-state index in [2.05, 4.69) is 15.9 Å². The van der Waals surface area contributed by atoms with Crippen molar-refractivity contribution in [3.05, 3.63) is 21.6 Å². The number of anilines is 1. The van der Waals surface area contributed by atoms with Gasteiger partial charge in [-0.1, -0.05) is 11.6 Å². The van der Waals surface area contributed by atoms with Crippen molar-refractivity contribution in [1.29, 1.82) is 0 Å². The maximum atomic E-state index is 10.5. The summed E-state index contributed by atoms with van der Waals surface area (Å²) in [4.78, 5) is 10.5. The number of hydrogen-bond donors (Lipinski definition) is 2. The average Bonchev–Trinajstić information content (AvgIpc) is 2.08. The van der Waals surface area contributed by atoms with Crippen LogP contribution >= 0.6 is 27.5 Å². The summed E-state index contributed by atoms with van der Waals surface area (Å²) in [6.07, 6.45) is 0.147. The van der Waals surface area contributed by atoms with Gasteiger partial charge in [0.15, 0.2) is 5.75 Å². The first-order chi connectivity index (χ1) is 7.00. The topological polar surface area (TPSA) is 78.3 Å². The quantitative estimate of drug-likeness (QED) is 0.833. The lowest BCUT2D eigenvalue weighted by atomic mass is 10.3. The summed E-state index contributed by atoms with van der Waals surface area (Å²) < 4.78 is 5.95. The first-order valence-corrected chi connectivity index (χ1v) is 5.33. The highest BCUT2D eigenvalue weighted by atomic mass is 79.9. The molecule has 1 aromatic rings. The molecule has 6 heteroatoms. The van der Waals surface area contributed by atoms with E-state index in [1.807, 2.05) is 0 Å². The SMILES string of the molecule is NC(=O)CCOc1c(N)cc(Cl)cc1Br. The Hall–Kier alpha value is -0.940. The zero-order valence-corrected chi connectivity index (χ0v) is 10.1. The van der Waals surface area contributed by atoms with Gasteiger partial charge in [0.05, 0.1) is 23.2 Å². The second kappa shape index (κ2) is 5.23. The number of rotatable bonds is 4. The molecule has 0 saturated carbocycles. The molecule has 0 aliphatic carbocycles. The molecular formula is C9H10BrClN2O2. The average molecular weight is 294 g/mol. The van der Waals surface area contributed by atoms with E-state index in [0.717, 1.165) is 0 Å². The molecule has 0 fully saturated rings. The molecule has 0 saturated heterocycles. The van der Waals surface area contributed by atoms with E-state index in [0.29, 0.717) is 20.9 Å². The summed E-state index contributed by atoms with van der Waals surface area (Å²) in [5.74, 6) is 0.0549. The molecule has 0 aromatic heterocycles. The molecular weight excluding hydrogens is 283 g/mol. The lowest BCUT2D eigenvalue weighted by Crippen LogP contribution is -2.15. The molecule has 0 bridgehead atoms. The number of carbonyl (C=O) groups excluding carboxylic acids is 1. The Morgan fingerprint density at radius 1 is 1.53 bits per heavy atom. The summed E-state index contributed by atoms with van der Waals surface area (Å²) in [6, 6.07) is 3.24. The standard InChI is InChI=1S/C9H10BrClN2O2/c10-6-3-5(11)4-7(12)9(6)15-2-1-8(13)14/h3-4H,1-2,12H2,(H2,13,14). The highest BCUT2D eigenvalue weighted by Gasteiger charge is 2.08. The minimum absolute atomic E-state index is 0.147. The predicted octanol–water partition coefficient (Wildman–Crippen LogP) is 1.94. The van der Waals surface area contributed by atoms with Gasteiger partial charge < -0.3 is 16.2 Å². The number of nitrogens with two attached hydrogens (primary N) is 2. The molecule has 4 N–H and O–H groups in total. The molecule has 0 aliphatic heterocycles. The van der Waals surface area contributed by atoms with Gasteiger partial charge in [-0.3, -0.25) is 4.79 Å². The van der Waals surface area contributed by atoms with Crippen molar-refractivity contribution in [3.8, 4) is 5.75 Å². The first-order valence-electron chi connectivity index (χ1n) is 4.16. The van der Waals surface area contributed by atoms with Gasteiger partial charge in [0, 0.05) is 5.02 Å². The van der Waals surface area contributed by atoms with Crippen molar-refractivity contribution < 1.29 is 9.53 Å². The number of primary amides is 1. The van der Waals surface area contributed by atoms with E-state index in [9.17, 15) is 4.79 Å². The fourth-order valence-corrected chi connectivity index (χ4v) is 1.93. The normalized spacial score (nSPS) is 10.0. The van der Waals surface area contributed by atoms with Crippen LogP contribution in [-0.4, -0.2) is 12.5 Å².